The molecule has 1 atom stereocenters. The van der Waals surface area contributed by atoms with Gasteiger partial charge in [0.05, 0.1) is 6.61 Å². The van der Waals surface area contributed by atoms with Crippen LogP contribution in [-0.2, 0) is 9.53 Å². The second-order valence-corrected chi connectivity index (χ2v) is 5.41. The Bertz CT molecular complexity index is 347. The molecule has 1 aromatic heterocycles. The molecule has 6 heteroatoms. The zero-order valence-electron chi connectivity index (χ0n) is 9.12. The molecule has 0 fully saturated rings. The molecular formula is C10H14BrNO3S. The Balaban J connectivity index is 2.73. The number of halogens is 1. The first-order valence-electron chi connectivity index (χ1n) is 4.77. The summed E-state index contributed by atoms with van der Waals surface area (Å²) in [6.45, 7) is 2.96. The monoisotopic (exact) mass is 307 g/mol. The van der Waals surface area contributed by atoms with Crippen LogP contribution in [0.2, 0.25) is 0 Å². The third kappa shape index (κ3) is 3.55. The summed E-state index contributed by atoms with van der Waals surface area (Å²) in [4.78, 5) is 13.0. The largest absolute Gasteiger partial charge is 0.480 e. The zero-order valence-corrected chi connectivity index (χ0v) is 11.5. The van der Waals surface area contributed by atoms with E-state index < -0.39 is 12.0 Å². The standard InChI is InChI=1S/C10H14BrNO3S/c1-6-7(11)5-8(16-6)9(10(13)14)12-3-4-15-2/h5,9,12H,3-4H2,1-2H3,(H,13,14). The molecule has 0 aliphatic heterocycles. The minimum absolute atomic E-state index is 0.495. The molecule has 1 aromatic rings. The molecule has 0 aliphatic carbocycles. The van der Waals surface area contributed by atoms with E-state index in [1.165, 1.54) is 11.3 Å². The van der Waals surface area contributed by atoms with Crippen LogP contribution in [0.4, 0.5) is 0 Å². The molecule has 2 N–H and O–H groups in total. The summed E-state index contributed by atoms with van der Waals surface area (Å²) in [5.41, 5.74) is 0. The quantitative estimate of drug-likeness (QED) is 0.791. The van der Waals surface area contributed by atoms with Gasteiger partial charge in [0, 0.05) is 27.9 Å². The predicted molar refractivity (Wildman–Crippen MR) is 67.0 cm³/mol. The number of carboxylic acid groups (broad SMARTS) is 1. The number of aliphatic carboxylic acids is 1. The van der Waals surface area contributed by atoms with Crippen LogP contribution < -0.4 is 5.32 Å². The number of aryl methyl sites for hydroxylation is 1. The maximum atomic E-state index is 11.1. The molecule has 1 rings (SSSR count). The van der Waals surface area contributed by atoms with Gasteiger partial charge in [-0.2, -0.15) is 0 Å². The second kappa shape index (κ2) is 6.34. The van der Waals surface area contributed by atoms with Crippen LogP contribution in [0.15, 0.2) is 10.5 Å². The highest BCUT2D eigenvalue weighted by Gasteiger charge is 2.21. The number of hydrogen-bond acceptors (Lipinski definition) is 4. The van der Waals surface area contributed by atoms with Gasteiger partial charge in [0.2, 0.25) is 0 Å². The van der Waals surface area contributed by atoms with Gasteiger partial charge in [-0.1, -0.05) is 0 Å². The summed E-state index contributed by atoms with van der Waals surface area (Å²) in [6.07, 6.45) is 0. The van der Waals surface area contributed by atoms with Crippen LogP contribution in [0, 0.1) is 6.92 Å². The van der Waals surface area contributed by atoms with Crippen LogP contribution in [0.3, 0.4) is 0 Å². The Hall–Kier alpha value is -0.430. The lowest BCUT2D eigenvalue weighted by Crippen LogP contribution is -2.30. The summed E-state index contributed by atoms with van der Waals surface area (Å²) in [5, 5.41) is 12.1. The second-order valence-electron chi connectivity index (χ2n) is 3.27. The number of rotatable bonds is 6. The molecule has 1 unspecified atom stereocenters. The predicted octanol–water partition coefficient (Wildman–Crippen LogP) is 2.18. The third-order valence-corrected chi connectivity index (χ3v) is 4.26. The topological polar surface area (TPSA) is 58.6 Å². The van der Waals surface area contributed by atoms with Gasteiger partial charge in [0.1, 0.15) is 6.04 Å². The van der Waals surface area contributed by atoms with Gasteiger partial charge in [-0.05, 0) is 28.9 Å². The van der Waals surface area contributed by atoms with Crippen molar-refractivity contribution in [2.45, 2.75) is 13.0 Å². The molecule has 0 amide bonds. The van der Waals surface area contributed by atoms with E-state index in [4.69, 9.17) is 9.84 Å². The molecule has 0 aromatic carbocycles. The zero-order chi connectivity index (χ0) is 12.1. The fourth-order valence-corrected chi connectivity index (χ4v) is 2.87. The minimum atomic E-state index is -0.871. The Kier molecular flexibility index (Phi) is 5.40. The molecule has 0 saturated carbocycles. The highest BCUT2D eigenvalue weighted by Crippen LogP contribution is 2.30. The number of ether oxygens (including phenoxy) is 1. The summed E-state index contributed by atoms with van der Waals surface area (Å²) >= 11 is 4.86. The number of carboxylic acids is 1. The van der Waals surface area contributed by atoms with E-state index in [1.54, 1.807) is 7.11 Å². The molecule has 4 nitrogen and oxygen atoms in total. The highest BCUT2D eigenvalue weighted by molar-refractivity contribution is 9.10. The van der Waals surface area contributed by atoms with Gasteiger partial charge in [0.25, 0.3) is 0 Å². The van der Waals surface area contributed by atoms with Gasteiger partial charge in [0.15, 0.2) is 0 Å². The molecule has 0 bridgehead atoms. The normalized spacial score (nSPS) is 12.7. The third-order valence-electron chi connectivity index (χ3n) is 2.06. The smallest absolute Gasteiger partial charge is 0.326 e. The Morgan fingerprint density at radius 2 is 2.44 bits per heavy atom. The van der Waals surface area contributed by atoms with Crippen molar-refractivity contribution < 1.29 is 14.6 Å². The van der Waals surface area contributed by atoms with E-state index in [2.05, 4.69) is 21.2 Å². The Morgan fingerprint density at radius 3 is 2.88 bits per heavy atom. The number of carbonyl (C=O) groups is 1. The number of hydrogen-bond donors (Lipinski definition) is 2. The van der Waals surface area contributed by atoms with Gasteiger partial charge >= 0.3 is 5.97 Å². The van der Waals surface area contributed by atoms with E-state index in [0.717, 1.165) is 14.2 Å². The molecule has 16 heavy (non-hydrogen) atoms. The van der Waals surface area contributed by atoms with Gasteiger partial charge in [-0.3, -0.25) is 10.1 Å². The summed E-state index contributed by atoms with van der Waals surface area (Å²) in [7, 11) is 1.59. The number of methoxy groups -OCH3 is 1. The van der Waals surface area contributed by atoms with Crippen molar-refractivity contribution in [1.29, 1.82) is 0 Å². The Morgan fingerprint density at radius 1 is 1.75 bits per heavy atom. The first kappa shape index (κ1) is 13.6. The van der Waals surface area contributed by atoms with Crippen molar-refractivity contribution >= 4 is 33.2 Å². The van der Waals surface area contributed by atoms with E-state index in [9.17, 15) is 4.79 Å². The van der Waals surface area contributed by atoms with Gasteiger partial charge in [-0.25, -0.2) is 0 Å². The summed E-state index contributed by atoms with van der Waals surface area (Å²) < 4.78 is 5.83. The van der Waals surface area contributed by atoms with Crippen LogP contribution >= 0.6 is 27.3 Å². The number of nitrogens with one attached hydrogen (secondary N) is 1. The molecule has 0 aliphatic rings. The summed E-state index contributed by atoms with van der Waals surface area (Å²) in [5.74, 6) is -0.871. The lowest BCUT2D eigenvalue weighted by Gasteiger charge is -2.12. The van der Waals surface area contributed by atoms with E-state index in [0.29, 0.717) is 13.2 Å². The van der Waals surface area contributed by atoms with Crippen LogP contribution in [0.5, 0.6) is 0 Å². The van der Waals surface area contributed by atoms with Gasteiger partial charge < -0.3 is 9.84 Å². The van der Waals surface area contributed by atoms with Crippen molar-refractivity contribution in [3.8, 4) is 0 Å². The Labute approximate surface area is 107 Å². The van der Waals surface area contributed by atoms with Crippen molar-refractivity contribution in [2.24, 2.45) is 0 Å². The lowest BCUT2D eigenvalue weighted by molar-refractivity contribution is -0.139. The highest BCUT2D eigenvalue weighted by atomic mass is 79.9. The first-order chi connectivity index (χ1) is 7.56. The van der Waals surface area contributed by atoms with E-state index in [1.807, 2.05) is 13.0 Å². The first-order valence-corrected chi connectivity index (χ1v) is 6.38. The van der Waals surface area contributed by atoms with E-state index in [-0.39, 0.29) is 0 Å². The lowest BCUT2D eigenvalue weighted by atomic mass is 10.2. The molecule has 1 heterocycles. The summed E-state index contributed by atoms with van der Waals surface area (Å²) in [6, 6.07) is 1.18. The molecule has 0 saturated heterocycles. The fraction of sp³-hybridized carbons (Fsp3) is 0.500. The van der Waals surface area contributed by atoms with Crippen molar-refractivity contribution in [1.82, 2.24) is 5.32 Å². The maximum absolute atomic E-state index is 11.1. The van der Waals surface area contributed by atoms with Crippen LogP contribution in [-0.4, -0.2) is 31.3 Å². The SMILES string of the molecule is COCCNC(C(=O)O)c1cc(Br)c(C)s1. The van der Waals surface area contributed by atoms with Gasteiger partial charge in [-0.15, -0.1) is 11.3 Å². The fourth-order valence-electron chi connectivity index (χ4n) is 1.24. The average molecular weight is 308 g/mol. The van der Waals surface area contributed by atoms with Crippen LogP contribution in [0.1, 0.15) is 15.8 Å². The van der Waals surface area contributed by atoms with E-state index >= 15 is 0 Å². The molecule has 0 radical (unpaired) electrons. The number of thiophene rings is 1. The maximum Gasteiger partial charge on any atom is 0.326 e. The van der Waals surface area contributed by atoms with Crippen molar-refractivity contribution in [3.05, 3.63) is 20.3 Å². The minimum Gasteiger partial charge on any atom is -0.480 e. The average Bonchev–Trinajstić information content (AvgIpc) is 2.53. The molecular weight excluding hydrogens is 294 g/mol. The van der Waals surface area contributed by atoms with Crippen molar-refractivity contribution in [2.75, 3.05) is 20.3 Å². The molecule has 0 spiro atoms. The molecule has 90 valence electrons. The van der Waals surface area contributed by atoms with Crippen LogP contribution in [0.25, 0.3) is 0 Å². The van der Waals surface area contributed by atoms with Crippen molar-refractivity contribution in [3.63, 3.8) is 0 Å².